The second-order valence-corrected chi connectivity index (χ2v) is 9.04. The molecule has 0 amide bonds. The van der Waals surface area contributed by atoms with Crippen molar-refractivity contribution in [3.63, 3.8) is 0 Å². The third kappa shape index (κ3) is 3.15. The van der Waals surface area contributed by atoms with E-state index in [0.29, 0.717) is 5.92 Å². The molecule has 0 bridgehead atoms. The summed E-state index contributed by atoms with van der Waals surface area (Å²) in [5, 5.41) is 15.0. The van der Waals surface area contributed by atoms with Crippen LogP contribution < -0.4 is 5.73 Å². The second-order valence-electron chi connectivity index (χ2n) is 9.04. The van der Waals surface area contributed by atoms with Crippen LogP contribution in [0.25, 0.3) is 10.8 Å². The van der Waals surface area contributed by atoms with Crippen molar-refractivity contribution in [2.24, 2.45) is 21.2 Å². The van der Waals surface area contributed by atoms with Gasteiger partial charge >= 0.3 is 0 Å². The van der Waals surface area contributed by atoms with E-state index in [2.05, 4.69) is 94.3 Å². The first-order valence-corrected chi connectivity index (χ1v) is 11.1. The molecule has 1 saturated carbocycles. The fourth-order valence-electron chi connectivity index (χ4n) is 5.02. The van der Waals surface area contributed by atoms with Gasteiger partial charge in [-0.1, -0.05) is 97.1 Å². The summed E-state index contributed by atoms with van der Waals surface area (Å²) in [7, 11) is 0. The maximum Gasteiger partial charge on any atom is 0.170 e. The number of nitrogens with zero attached hydrogens (tertiary/aromatic N) is 3. The van der Waals surface area contributed by atoms with Gasteiger partial charge in [-0.3, -0.25) is 0 Å². The molecule has 2 aliphatic rings. The van der Waals surface area contributed by atoms with Crippen LogP contribution in [0, 0.1) is 0 Å². The lowest BCUT2D eigenvalue weighted by atomic mass is 9.84. The van der Waals surface area contributed by atoms with Gasteiger partial charge in [-0.25, -0.2) is 0 Å². The van der Waals surface area contributed by atoms with Crippen LogP contribution in [0.2, 0.25) is 0 Å². The molecule has 0 saturated heterocycles. The van der Waals surface area contributed by atoms with Crippen LogP contribution in [-0.4, -0.2) is 11.8 Å². The molecule has 1 aliphatic carbocycles. The van der Waals surface area contributed by atoms with Crippen LogP contribution in [0.4, 0.5) is 0 Å². The van der Waals surface area contributed by atoms with Crippen molar-refractivity contribution in [1.82, 2.24) is 0 Å². The maximum absolute atomic E-state index is 6.82. The Balaban J connectivity index is 1.24. The van der Waals surface area contributed by atoms with Crippen molar-refractivity contribution in [3.05, 3.63) is 119 Å². The second kappa shape index (κ2) is 7.21. The molecule has 0 aromatic heterocycles. The van der Waals surface area contributed by atoms with Gasteiger partial charge in [-0.05, 0) is 51.1 Å². The molecule has 6 rings (SSSR count). The molecule has 4 aromatic rings. The fourth-order valence-corrected chi connectivity index (χ4v) is 5.02. The highest BCUT2D eigenvalue weighted by Crippen LogP contribution is 2.51. The first-order valence-electron chi connectivity index (χ1n) is 11.1. The number of rotatable bonds is 5. The zero-order valence-electron chi connectivity index (χ0n) is 17.7. The summed E-state index contributed by atoms with van der Waals surface area (Å²) < 4.78 is 0. The molecule has 1 fully saturated rings. The van der Waals surface area contributed by atoms with Crippen molar-refractivity contribution in [2.45, 2.75) is 29.8 Å². The Morgan fingerprint density at radius 1 is 0.781 bits per heavy atom. The van der Waals surface area contributed by atoms with Gasteiger partial charge in [0.15, 0.2) is 5.54 Å². The highest BCUT2D eigenvalue weighted by molar-refractivity contribution is 5.83. The van der Waals surface area contributed by atoms with Gasteiger partial charge in [-0.15, -0.1) is 10.2 Å². The van der Waals surface area contributed by atoms with Crippen LogP contribution in [0.3, 0.4) is 0 Å². The Labute approximate surface area is 187 Å². The minimum atomic E-state index is -0.645. The van der Waals surface area contributed by atoms with E-state index in [1.807, 2.05) is 24.4 Å². The molecular formula is C28H24N4. The molecule has 156 valence electrons. The van der Waals surface area contributed by atoms with Gasteiger partial charge in [0.25, 0.3) is 0 Å². The van der Waals surface area contributed by atoms with Gasteiger partial charge in [0.05, 0.1) is 6.21 Å². The molecule has 3 unspecified atom stereocenters. The lowest BCUT2D eigenvalue weighted by Crippen LogP contribution is -2.27. The van der Waals surface area contributed by atoms with E-state index in [-0.39, 0.29) is 5.54 Å². The molecule has 4 heteroatoms. The number of hydrogen-bond donors (Lipinski definition) is 1. The van der Waals surface area contributed by atoms with E-state index >= 15 is 0 Å². The molecule has 3 atom stereocenters. The van der Waals surface area contributed by atoms with E-state index in [1.54, 1.807) is 0 Å². The van der Waals surface area contributed by atoms with E-state index in [4.69, 9.17) is 5.73 Å². The molecule has 1 heterocycles. The average Bonchev–Trinajstić information content (AvgIpc) is 3.26. The first kappa shape index (κ1) is 19.1. The van der Waals surface area contributed by atoms with E-state index in [9.17, 15) is 0 Å². The Morgan fingerprint density at radius 3 is 2.25 bits per heavy atom. The quantitative estimate of drug-likeness (QED) is 0.428. The molecule has 4 nitrogen and oxygen atoms in total. The van der Waals surface area contributed by atoms with Crippen molar-refractivity contribution in [2.75, 3.05) is 0 Å². The van der Waals surface area contributed by atoms with Gasteiger partial charge < -0.3 is 5.73 Å². The van der Waals surface area contributed by atoms with E-state index < -0.39 is 5.54 Å². The topological polar surface area (TPSA) is 63.1 Å². The van der Waals surface area contributed by atoms with E-state index in [1.165, 1.54) is 21.9 Å². The number of benzene rings is 4. The first-order chi connectivity index (χ1) is 15.7. The summed E-state index contributed by atoms with van der Waals surface area (Å²) in [4.78, 5) is 0. The summed E-state index contributed by atoms with van der Waals surface area (Å²) in [6, 6.07) is 34.0. The molecule has 1 aliphatic heterocycles. The van der Waals surface area contributed by atoms with Crippen molar-refractivity contribution >= 4 is 17.0 Å². The lowest BCUT2D eigenvalue weighted by molar-refractivity contribution is 0.646. The zero-order valence-corrected chi connectivity index (χ0v) is 17.7. The molecule has 2 N–H and O–H groups in total. The number of nitrogens with two attached hydrogens (primary N) is 1. The Kier molecular flexibility index (Phi) is 4.30. The van der Waals surface area contributed by atoms with Crippen LogP contribution in [0.15, 0.2) is 113 Å². The van der Waals surface area contributed by atoms with Crippen LogP contribution >= 0.6 is 0 Å². The van der Waals surface area contributed by atoms with Gasteiger partial charge in [-0.2, -0.15) is 0 Å². The highest BCUT2D eigenvalue weighted by atomic mass is 15.4. The molecule has 0 spiro atoms. The Morgan fingerprint density at radius 2 is 1.50 bits per heavy atom. The van der Waals surface area contributed by atoms with Crippen LogP contribution in [0.5, 0.6) is 0 Å². The summed E-state index contributed by atoms with van der Waals surface area (Å²) in [5.74, 6) is 0.370. The molecule has 4 aromatic carbocycles. The van der Waals surface area contributed by atoms with Crippen molar-refractivity contribution < 1.29 is 0 Å². The minimum Gasteiger partial charge on any atom is -0.324 e. The van der Waals surface area contributed by atoms with Crippen LogP contribution in [0.1, 0.15) is 34.6 Å². The maximum atomic E-state index is 6.82. The summed E-state index contributed by atoms with van der Waals surface area (Å²) in [6.45, 7) is 0. The number of fused-ring (bicyclic) bond motifs is 1. The zero-order chi connectivity index (χ0) is 21.6. The predicted molar refractivity (Wildman–Crippen MR) is 129 cm³/mol. The summed E-state index contributed by atoms with van der Waals surface area (Å²) in [5.41, 5.74) is 10.7. The third-order valence-corrected chi connectivity index (χ3v) is 6.93. The monoisotopic (exact) mass is 416 g/mol. The Hall–Kier alpha value is -3.63. The smallest absolute Gasteiger partial charge is 0.170 e. The SMILES string of the molecule is NC1(Cc2ccc3ccccc3c2)CC1c1ccc(C2(c3ccccc3)C=NN=N2)cc1. The Bertz CT molecular complexity index is 1330. The number of hydrogen-bond acceptors (Lipinski definition) is 4. The van der Waals surface area contributed by atoms with Crippen molar-refractivity contribution in [1.29, 1.82) is 0 Å². The summed E-state index contributed by atoms with van der Waals surface area (Å²) in [6.07, 6.45) is 3.71. The largest absolute Gasteiger partial charge is 0.324 e. The summed E-state index contributed by atoms with van der Waals surface area (Å²) >= 11 is 0. The third-order valence-electron chi connectivity index (χ3n) is 6.93. The fraction of sp³-hybridized carbons (Fsp3) is 0.179. The van der Waals surface area contributed by atoms with E-state index in [0.717, 1.165) is 24.0 Å². The lowest BCUT2D eigenvalue weighted by Gasteiger charge is -2.22. The molecule has 32 heavy (non-hydrogen) atoms. The standard InChI is InChI=1S/C28H24N4/c29-27(17-20-10-11-21-6-4-5-7-23(21)16-20)18-26(27)22-12-14-25(15-13-22)28(19-30-32-31-28)24-8-2-1-3-9-24/h1-16,19,26H,17-18,29H2. The van der Waals surface area contributed by atoms with Gasteiger partial charge in [0, 0.05) is 11.5 Å². The molecule has 0 radical (unpaired) electrons. The highest BCUT2D eigenvalue weighted by Gasteiger charge is 2.51. The van der Waals surface area contributed by atoms with Gasteiger partial charge in [0.2, 0.25) is 0 Å². The minimum absolute atomic E-state index is 0.185. The molecular weight excluding hydrogens is 392 g/mol. The van der Waals surface area contributed by atoms with Crippen molar-refractivity contribution in [3.8, 4) is 0 Å². The predicted octanol–water partition coefficient (Wildman–Crippen LogP) is 5.96. The normalized spacial score (nSPS) is 26.0. The average molecular weight is 417 g/mol. The van der Waals surface area contributed by atoms with Crippen LogP contribution in [-0.2, 0) is 12.0 Å². The van der Waals surface area contributed by atoms with Gasteiger partial charge in [0.1, 0.15) is 0 Å².